The van der Waals surface area contributed by atoms with Crippen LogP contribution in [0.3, 0.4) is 0 Å². The first kappa shape index (κ1) is 23.1. The minimum absolute atomic E-state index is 0.0857. The van der Waals surface area contributed by atoms with Crippen molar-refractivity contribution in [3.63, 3.8) is 0 Å². The van der Waals surface area contributed by atoms with Crippen LogP contribution in [0.4, 0.5) is 11.4 Å². The second-order valence-electron chi connectivity index (χ2n) is 8.69. The van der Waals surface area contributed by atoms with Gasteiger partial charge in [0.15, 0.2) is 5.17 Å². The van der Waals surface area contributed by atoms with E-state index in [1.165, 1.54) is 11.8 Å². The molecule has 6 rings (SSSR count). The molecule has 184 valence electrons. The van der Waals surface area contributed by atoms with Gasteiger partial charge in [-0.1, -0.05) is 48.2 Å². The number of ether oxygens (including phenoxy) is 1. The number of amidine groups is 2. The van der Waals surface area contributed by atoms with Gasteiger partial charge in [0.1, 0.15) is 17.6 Å². The maximum Gasteiger partial charge on any atom is 0.259 e. The molecule has 9 heteroatoms. The van der Waals surface area contributed by atoms with Crippen molar-refractivity contribution in [1.82, 2.24) is 9.88 Å². The molecule has 2 amide bonds. The number of aliphatic imine (C=N–C) groups is 2. The van der Waals surface area contributed by atoms with Gasteiger partial charge in [0, 0.05) is 40.8 Å². The molecule has 0 spiro atoms. The number of carbonyl (C=O) groups excluding carboxylic acids is 2. The minimum Gasteiger partial charge on any atom is -0.497 e. The molecule has 0 unspecified atom stereocenters. The standard InChI is InChI=1S/C28H23N5O3S/c1-36-19-8-6-7-18(14-19)30-25(34)16-37-28-32-23-12-5-3-10-21(23)26-31-24(27(35)33(26)28)13-17-15-29-22-11-4-2-9-20(17)22/h2-12,14-15,24,29H,13,16H2,1H3,(H,30,34)/t24-/m1/s1. The number of benzene rings is 3. The summed E-state index contributed by atoms with van der Waals surface area (Å²) in [5, 5.41) is 4.40. The molecule has 0 aliphatic carbocycles. The molecule has 3 aromatic carbocycles. The maximum absolute atomic E-state index is 13.6. The van der Waals surface area contributed by atoms with Gasteiger partial charge in [-0.25, -0.2) is 9.89 Å². The van der Waals surface area contributed by atoms with Crippen molar-refractivity contribution in [1.29, 1.82) is 0 Å². The number of nitrogens with one attached hydrogen (secondary N) is 2. The molecule has 2 aliphatic rings. The number of hydrogen-bond acceptors (Lipinski definition) is 6. The molecule has 3 heterocycles. The van der Waals surface area contributed by atoms with Crippen LogP contribution in [-0.2, 0) is 16.0 Å². The average molecular weight is 510 g/mol. The summed E-state index contributed by atoms with van der Waals surface area (Å²) in [6.45, 7) is 0. The normalized spacial score (nSPS) is 16.2. The van der Waals surface area contributed by atoms with E-state index < -0.39 is 6.04 Å². The number of H-pyrrole nitrogens is 1. The van der Waals surface area contributed by atoms with Gasteiger partial charge in [0.2, 0.25) is 5.91 Å². The molecule has 2 aliphatic heterocycles. The lowest BCUT2D eigenvalue weighted by molar-refractivity contribution is -0.124. The van der Waals surface area contributed by atoms with Crippen LogP contribution in [0.1, 0.15) is 11.1 Å². The van der Waals surface area contributed by atoms with Gasteiger partial charge in [-0.2, -0.15) is 0 Å². The van der Waals surface area contributed by atoms with E-state index in [4.69, 9.17) is 14.7 Å². The van der Waals surface area contributed by atoms with Crippen LogP contribution in [0.2, 0.25) is 0 Å². The van der Waals surface area contributed by atoms with Crippen molar-refractivity contribution in [2.75, 3.05) is 18.2 Å². The van der Waals surface area contributed by atoms with Crippen molar-refractivity contribution in [2.45, 2.75) is 12.5 Å². The molecule has 0 fully saturated rings. The van der Waals surface area contributed by atoms with Crippen LogP contribution in [-0.4, -0.2) is 51.6 Å². The smallest absolute Gasteiger partial charge is 0.259 e. The summed E-state index contributed by atoms with van der Waals surface area (Å²) in [7, 11) is 1.58. The molecular formula is C28H23N5O3S. The highest BCUT2D eigenvalue weighted by Gasteiger charge is 2.41. The summed E-state index contributed by atoms with van der Waals surface area (Å²) >= 11 is 1.22. The number of methoxy groups -OCH3 is 1. The molecule has 0 saturated heterocycles. The lowest BCUT2D eigenvalue weighted by atomic mass is 10.1. The Labute approximate surface area is 217 Å². The summed E-state index contributed by atoms with van der Waals surface area (Å²) in [5.74, 6) is 0.969. The number of hydrogen-bond donors (Lipinski definition) is 2. The van der Waals surface area contributed by atoms with Gasteiger partial charge in [-0.3, -0.25) is 14.6 Å². The predicted octanol–water partition coefficient (Wildman–Crippen LogP) is 4.75. The number of fused-ring (bicyclic) bond motifs is 4. The molecule has 2 N–H and O–H groups in total. The van der Waals surface area contributed by atoms with Crippen LogP contribution < -0.4 is 10.1 Å². The van der Waals surface area contributed by atoms with Crippen molar-refractivity contribution in [3.8, 4) is 5.75 Å². The molecule has 1 aromatic heterocycles. The summed E-state index contributed by atoms with van der Waals surface area (Å²) < 4.78 is 5.22. The highest BCUT2D eigenvalue weighted by molar-refractivity contribution is 8.14. The van der Waals surface area contributed by atoms with E-state index >= 15 is 0 Å². The first-order valence-electron chi connectivity index (χ1n) is 11.8. The number of thioether (sulfide) groups is 1. The van der Waals surface area contributed by atoms with E-state index in [9.17, 15) is 9.59 Å². The van der Waals surface area contributed by atoms with E-state index in [1.807, 2.05) is 66.9 Å². The molecule has 0 bridgehead atoms. The molecule has 0 radical (unpaired) electrons. The largest absolute Gasteiger partial charge is 0.497 e. The van der Waals surface area contributed by atoms with Gasteiger partial charge in [-0.05, 0) is 35.9 Å². The molecule has 1 atom stereocenters. The van der Waals surface area contributed by atoms with Crippen molar-refractivity contribution < 1.29 is 14.3 Å². The molecular weight excluding hydrogens is 486 g/mol. The molecule has 8 nitrogen and oxygen atoms in total. The zero-order chi connectivity index (χ0) is 25.4. The Morgan fingerprint density at radius 2 is 1.95 bits per heavy atom. The van der Waals surface area contributed by atoms with Crippen LogP contribution in [0, 0.1) is 0 Å². The van der Waals surface area contributed by atoms with Gasteiger partial charge in [0.05, 0.1) is 18.6 Å². The summed E-state index contributed by atoms with van der Waals surface area (Å²) in [6.07, 6.45) is 2.41. The van der Waals surface area contributed by atoms with Crippen LogP contribution in [0.15, 0.2) is 89.0 Å². The van der Waals surface area contributed by atoms with Gasteiger partial charge >= 0.3 is 0 Å². The lowest BCUT2D eigenvalue weighted by Gasteiger charge is -2.25. The Hall–Kier alpha value is -4.37. The maximum atomic E-state index is 13.6. The van der Waals surface area contributed by atoms with E-state index in [1.54, 1.807) is 24.1 Å². The fourth-order valence-electron chi connectivity index (χ4n) is 4.57. The number of aromatic amines is 1. The van der Waals surface area contributed by atoms with Gasteiger partial charge in [0.25, 0.3) is 5.91 Å². The fraction of sp³-hybridized carbons (Fsp3) is 0.143. The number of para-hydroxylation sites is 2. The third kappa shape index (κ3) is 4.38. The number of amides is 2. The first-order chi connectivity index (χ1) is 18.1. The van der Waals surface area contributed by atoms with Gasteiger partial charge in [-0.15, -0.1) is 0 Å². The Bertz CT molecular complexity index is 1590. The van der Waals surface area contributed by atoms with E-state index in [0.29, 0.717) is 28.9 Å². The summed E-state index contributed by atoms with van der Waals surface area (Å²) in [6, 6.07) is 22.2. The van der Waals surface area contributed by atoms with Crippen LogP contribution in [0.25, 0.3) is 10.9 Å². The Kier molecular flexibility index (Phi) is 5.97. The summed E-state index contributed by atoms with van der Waals surface area (Å²) in [4.78, 5) is 40.7. The molecule has 37 heavy (non-hydrogen) atoms. The molecule has 0 saturated carbocycles. The second kappa shape index (κ2) is 9.59. The minimum atomic E-state index is -0.572. The van der Waals surface area contributed by atoms with Crippen molar-refractivity contribution in [2.24, 2.45) is 9.98 Å². The number of carbonyl (C=O) groups is 2. The number of anilines is 1. The van der Waals surface area contributed by atoms with E-state index in [0.717, 1.165) is 27.7 Å². The zero-order valence-corrected chi connectivity index (χ0v) is 20.8. The van der Waals surface area contributed by atoms with Crippen molar-refractivity contribution in [3.05, 3.63) is 90.1 Å². The average Bonchev–Trinajstić information content (AvgIpc) is 3.49. The van der Waals surface area contributed by atoms with Crippen LogP contribution >= 0.6 is 11.8 Å². The van der Waals surface area contributed by atoms with Crippen molar-refractivity contribution >= 4 is 56.9 Å². The third-order valence-corrected chi connectivity index (χ3v) is 7.26. The number of rotatable bonds is 6. The first-order valence-corrected chi connectivity index (χ1v) is 12.8. The SMILES string of the molecule is COc1cccc(NC(=O)CSC2=Nc3ccccc3C3=N[C@H](Cc4c[nH]c5ccccc45)C(=O)N23)c1. The highest BCUT2D eigenvalue weighted by Crippen LogP contribution is 2.34. The third-order valence-electron chi connectivity index (χ3n) is 6.32. The topological polar surface area (TPSA) is 99.1 Å². The lowest BCUT2D eigenvalue weighted by Crippen LogP contribution is -2.41. The fourth-order valence-corrected chi connectivity index (χ4v) is 5.37. The van der Waals surface area contributed by atoms with Crippen LogP contribution in [0.5, 0.6) is 5.75 Å². The quantitative estimate of drug-likeness (QED) is 0.392. The second-order valence-corrected chi connectivity index (χ2v) is 9.63. The van der Waals surface area contributed by atoms with E-state index in [-0.39, 0.29) is 17.6 Å². The summed E-state index contributed by atoms with van der Waals surface area (Å²) in [5.41, 5.74) is 4.24. The highest BCUT2D eigenvalue weighted by atomic mass is 32.2. The van der Waals surface area contributed by atoms with Gasteiger partial charge < -0.3 is 15.0 Å². The monoisotopic (exact) mass is 509 g/mol. The van der Waals surface area contributed by atoms with E-state index in [2.05, 4.69) is 10.3 Å². The molecule has 4 aromatic rings. The Balaban J connectivity index is 1.24. The zero-order valence-electron chi connectivity index (χ0n) is 20.0. The predicted molar refractivity (Wildman–Crippen MR) is 147 cm³/mol. The number of aromatic nitrogens is 1. The Morgan fingerprint density at radius 1 is 1.11 bits per heavy atom. The Morgan fingerprint density at radius 3 is 2.84 bits per heavy atom. The number of nitrogens with zero attached hydrogens (tertiary/aromatic N) is 3.